The van der Waals surface area contributed by atoms with Crippen LogP contribution in [0.1, 0.15) is 47.5 Å². The summed E-state index contributed by atoms with van der Waals surface area (Å²) in [6.07, 6.45) is 0.642. The Kier molecular flexibility index (Phi) is 7.19. The summed E-state index contributed by atoms with van der Waals surface area (Å²) in [5.74, 6) is -1.26. The molecule has 0 spiro atoms. The number of carbonyl (C=O) groups excluding carboxylic acids is 1. The minimum Gasteiger partial charge on any atom is -0.502 e. The number of fused-ring (bicyclic) bond motifs is 5. The van der Waals surface area contributed by atoms with Crippen molar-refractivity contribution in [2.45, 2.75) is 37.8 Å². The van der Waals surface area contributed by atoms with Crippen LogP contribution < -0.4 is 21.3 Å². The zero-order valence-electron chi connectivity index (χ0n) is 23.3. The lowest BCUT2D eigenvalue weighted by Crippen LogP contribution is -2.46. The van der Waals surface area contributed by atoms with Crippen molar-refractivity contribution in [3.05, 3.63) is 102 Å². The van der Waals surface area contributed by atoms with Gasteiger partial charge in [-0.05, 0) is 42.0 Å². The van der Waals surface area contributed by atoms with Crippen LogP contribution in [0.5, 0.6) is 11.5 Å². The number of nitrogens with one attached hydrogen (secondary N) is 1. The summed E-state index contributed by atoms with van der Waals surface area (Å²) in [6.45, 7) is 2.28. The molecular weight excluding hydrogens is 542 g/mol. The van der Waals surface area contributed by atoms with E-state index in [4.69, 9.17) is 13.9 Å². The van der Waals surface area contributed by atoms with Gasteiger partial charge in [0.15, 0.2) is 5.76 Å². The smallest absolute Gasteiger partial charge is 0.306 e. The number of aromatic amines is 1. The minimum absolute atomic E-state index is 0.00397. The van der Waals surface area contributed by atoms with Gasteiger partial charge in [-0.2, -0.15) is 0 Å². The van der Waals surface area contributed by atoms with Gasteiger partial charge in [-0.3, -0.25) is 24.1 Å². The summed E-state index contributed by atoms with van der Waals surface area (Å²) in [4.78, 5) is 56.1. The minimum atomic E-state index is -1.08. The van der Waals surface area contributed by atoms with E-state index in [1.807, 2.05) is 10.6 Å². The molecule has 0 amide bonds. The summed E-state index contributed by atoms with van der Waals surface area (Å²) >= 11 is 0. The fourth-order valence-electron chi connectivity index (χ4n) is 6.39. The molecule has 11 heteroatoms. The van der Waals surface area contributed by atoms with Crippen molar-refractivity contribution >= 4 is 16.9 Å². The Morgan fingerprint density at radius 3 is 2.71 bits per heavy atom. The first kappa shape index (κ1) is 27.5. The average molecular weight is 574 g/mol. The number of H-pyrrole nitrogens is 1. The van der Waals surface area contributed by atoms with Crippen molar-refractivity contribution in [3.63, 3.8) is 0 Å². The number of pyridine rings is 2. The molecule has 2 N–H and O–H groups in total. The Hall–Kier alpha value is -4.64. The van der Waals surface area contributed by atoms with Crippen molar-refractivity contribution in [2.75, 3.05) is 27.3 Å². The highest BCUT2D eigenvalue weighted by atomic mass is 16.5. The molecule has 2 bridgehead atoms. The third-order valence-corrected chi connectivity index (χ3v) is 8.31. The summed E-state index contributed by atoms with van der Waals surface area (Å²) in [5.41, 5.74) is 0.501. The van der Waals surface area contributed by atoms with Gasteiger partial charge in [-0.15, -0.1) is 0 Å². The molecule has 0 aliphatic carbocycles. The lowest BCUT2D eigenvalue weighted by molar-refractivity contribution is -0.140. The first-order valence-electron chi connectivity index (χ1n) is 13.8. The van der Waals surface area contributed by atoms with Crippen LogP contribution in [-0.2, 0) is 22.6 Å². The third kappa shape index (κ3) is 5.11. The highest BCUT2D eigenvalue weighted by Gasteiger charge is 2.35. The van der Waals surface area contributed by atoms with Crippen LogP contribution in [0.15, 0.2) is 67.3 Å². The topological polar surface area (TPSA) is 144 Å². The molecule has 1 aromatic carbocycles. The SMILES string of the molecule is COC(=O)CC(c1oc(CN2C[C@H]3C[C@@H](C2)c2cccc(=O)n2C3)cc(=O)c1O)c1cc2ccc(OC)cc2[nH]c1=O. The number of aromatic hydroxyl groups is 1. The number of piperidine rings is 1. The molecule has 3 atom stereocenters. The molecule has 2 aliphatic heterocycles. The van der Waals surface area contributed by atoms with Crippen LogP contribution in [0.3, 0.4) is 0 Å². The second-order valence-corrected chi connectivity index (χ2v) is 11.0. The molecule has 2 aliphatic rings. The molecule has 0 radical (unpaired) electrons. The van der Waals surface area contributed by atoms with Gasteiger partial charge in [0, 0.05) is 55.0 Å². The number of methoxy groups -OCH3 is 2. The predicted molar refractivity (Wildman–Crippen MR) is 153 cm³/mol. The van der Waals surface area contributed by atoms with Crippen molar-refractivity contribution < 1.29 is 23.8 Å². The standard InChI is InChI=1S/C31H31N3O8/c1-40-20-7-6-18-9-23(31(39)32-24(18)10-20)22(12-28(37)41-2)30-29(38)26(35)11-21(42-30)16-33-13-17-8-19(15-33)25-4-3-5-27(36)34(25)14-17/h3-7,9-11,17,19,22,38H,8,12-16H2,1-2H3,(H,32,39)/t17-,19+,22?/m1/s1. The molecule has 3 aromatic heterocycles. The van der Waals surface area contributed by atoms with Crippen molar-refractivity contribution in [1.82, 2.24) is 14.5 Å². The first-order chi connectivity index (χ1) is 20.2. The van der Waals surface area contributed by atoms with Gasteiger partial charge >= 0.3 is 5.97 Å². The van der Waals surface area contributed by atoms with Crippen LogP contribution >= 0.6 is 0 Å². The number of ether oxygens (including phenoxy) is 2. The predicted octanol–water partition coefficient (Wildman–Crippen LogP) is 2.67. The highest BCUT2D eigenvalue weighted by Crippen LogP contribution is 2.37. The molecule has 218 valence electrons. The van der Waals surface area contributed by atoms with Gasteiger partial charge in [0.1, 0.15) is 11.5 Å². The van der Waals surface area contributed by atoms with Gasteiger partial charge in [-0.25, -0.2) is 0 Å². The van der Waals surface area contributed by atoms with Crippen molar-refractivity contribution in [3.8, 4) is 11.5 Å². The number of rotatable bonds is 7. The van der Waals surface area contributed by atoms with E-state index in [0.29, 0.717) is 42.0 Å². The maximum absolute atomic E-state index is 13.3. The molecule has 11 nitrogen and oxygen atoms in total. The van der Waals surface area contributed by atoms with Gasteiger partial charge in [0.2, 0.25) is 11.2 Å². The lowest BCUT2D eigenvalue weighted by atomic mass is 9.83. The van der Waals surface area contributed by atoms with Gasteiger partial charge in [0.05, 0.1) is 38.6 Å². The Morgan fingerprint density at radius 1 is 1.10 bits per heavy atom. The quantitative estimate of drug-likeness (QED) is 0.319. The molecular formula is C31H31N3O8. The number of esters is 1. The summed E-state index contributed by atoms with van der Waals surface area (Å²) in [6, 6.07) is 13.4. The Balaban J connectivity index is 1.36. The van der Waals surface area contributed by atoms with Gasteiger partial charge in [0.25, 0.3) is 11.1 Å². The molecule has 1 saturated heterocycles. The van der Waals surface area contributed by atoms with Crippen LogP contribution in [0.4, 0.5) is 0 Å². The summed E-state index contributed by atoms with van der Waals surface area (Å²) in [7, 11) is 2.75. The van der Waals surface area contributed by atoms with E-state index in [1.165, 1.54) is 20.3 Å². The van der Waals surface area contributed by atoms with Crippen LogP contribution in [0, 0.1) is 5.92 Å². The Morgan fingerprint density at radius 2 is 1.93 bits per heavy atom. The highest BCUT2D eigenvalue weighted by molar-refractivity contribution is 5.81. The van der Waals surface area contributed by atoms with Crippen LogP contribution in [-0.4, -0.2) is 52.8 Å². The maximum atomic E-state index is 13.3. The number of nitrogens with zero attached hydrogens (tertiary/aromatic N) is 2. The largest absolute Gasteiger partial charge is 0.502 e. The van der Waals surface area contributed by atoms with E-state index in [9.17, 15) is 24.3 Å². The van der Waals surface area contributed by atoms with Crippen molar-refractivity contribution in [2.24, 2.45) is 5.92 Å². The van der Waals surface area contributed by atoms with E-state index < -0.39 is 28.6 Å². The monoisotopic (exact) mass is 573 g/mol. The first-order valence-corrected chi connectivity index (χ1v) is 13.8. The second kappa shape index (κ2) is 11.0. The van der Waals surface area contributed by atoms with E-state index in [2.05, 4.69) is 9.88 Å². The lowest BCUT2D eigenvalue weighted by Gasteiger charge is -2.42. The number of benzene rings is 1. The second-order valence-electron chi connectivity index (χ2n) is 11.0. The molecule has 4 aromatic rings. The molecule has 1 unspecified atom stereocenters. The average Bonchev–Trinajstić information content (AvgIpc) is 2.97. The normalized spacial score (nSPS) is 18.8. The molecule has 6 rings (SSSR count). The van der Waals surface area contributed by atoms with E-state index in [1.54, 1.807) is 36.4 Å². The zero-order valence-corrected chi connectivity index (χ0v) is 23.3. The number of hydrogen-bond donors (Lipinski definition) is 2. The maximum Gasteiger partial charge on any atom is 0.306 e. The fraction of sp³-hybridized carbons (Fsp3) is 0.355. The molecule has 1 fully saturated rings. The molecule has 0 saturated carbocycles. The Labute approximate surface area is 239 Å². The van der Waals surface area contributed by atoms with E-state index >= 15 is 0 Å². The van der Waals surface area contributed by atoms with E-state index in [-0.39, 0.29) is 41.7 Å². The zero-order chi connectivity index (χ0) is 29.5. The number of carbonyl (C=O) groups is 1. The number of hydrogen-bond acceptors (Lipinski definition) is 9. The number of likely N-dealkylation sites (tertiary alicyclic amines) is 1. The van der Waals surface area contributed by atoms with Gasteiger partial charge < -0.3 is 28.5 Å². The Bertz CT molecular complexity index is 1860. The van der Waals surface area contributed by atoms with E-state index in [0.717, 1.165) is 12.1 Å². The molecule has 5 heterocycles. The third-order valence-electron chi connectivity index (χ3n) is 8.31. The number of aromatic nitrogens is 2. The van der Waals surface area contributed by atoms with Crippen LogP contribution in [0.25, 0.3) is 10.9 Å². The fourth-order valence-corrected chi connectivity index (χ4v) is 6.39. The van der Waals surface area contributed by atoms with Crippen molar-refractivity contribution in [1.29, 1.82) is 0 Å². The molecule has 42 heavy (non-hydrogen) atoms. The van der Waals surface area contributed by atoms with Gasteiger partial charge in [-0.1, -0.05) is 6.07 Å². The summed E-state index contributed by atoms with van der Waals surface area (Å²) in [5, 5.41) is 11.5. The summed E-state index contributed by atoms with van der Waals surface area (Å²) < 4.78 is 18.1. The van der Waals surface area contributed by atoms with Crippen LogP contribution in [0.2, 0.25) is 0 Å².